The van der Waals surface area contributed by atoms with Crippen LogP contribution in [0.3, 0.4) is 0 Å². The van der Waals surface area contributed by atoms with Crippen molar-refractivity contribution in [1.82, 2.24) is 4.57 Å². The predicted molar refractivity (Wildman–Crippen MR) is 112 cm³/mol. The molecule has 0 spiro atoms. The largest absolute Gasteiger partial charge is 0.491 e. The fourth-order valence-electron chi connectivity index (χ4n) is 3.81. The van der Waals surface area contributed by atoms with Crippen molar-refractivity contribution in [1.29, 1.82) is 0 Å². The SMILES string of the molecule is CCOC(=O)c1cn(CC(=O)OC(=O)C(F)(F)F)c2cc(NC3CCCCC3)c(F)cc2c1=O. The smallest absolute Gasteiger partial charge is 0.462 e. The minimum Gasteiger partial charge on any atom is -0.462 e. The first kappa shape index (κ1) is 25.2. The third kappa shape index (κ3) is 5.72. The lowest BCUT2D eigenvalue weighted by Crippen LogP contribution is -2.30. The molecule has 0 atom stereocenters. The van der Waals surface area contributed by atoms with Gasteiger partial charge in [-0.25, -0.2) is 18.8 Å². The maximum Gasteiger partial charge on any atom is 0.491 e. The van der Waals surface area contributed by atoms with Gasteiger partial charge in [-0.05, 0) is 31.9 Å². The van der Waals surface area contributed by atoms with Crippen LogP contribution in [0.4, 0.5) is 23.2 Å². The molecule has 34 heavy (non-hydrogen) atoms. The fraction of sp³-hybridized carbons (Fsp3) is 0.455. The number of rotatable bonds is 6. The number of halogens is 4. The van der Waals surface area contributed by atoms with Gasteiger partial charge < -0.3 is 19.4 Å². The van der Waals surface area contributed by atoms with Gasteiger partial charge >= 0.3 is 24.1 Å². The first-order chi connectivity index (χ1) is 16.0. The van der Waals surface area contributed by atoms with Crippen LogP contribution in [0.25, 0.3) is 10.9 Å². The maximum absolute atomic E-state index is 14.8. The molecule has 2 aromatic rings. The molecule has 0 radical (unpaired) electrons. The number of aromatic nitrogens is 1. The van der Waals surface area contributed by atoms with Crippen molar-refractivity contribution < 1.29 is 41.4 Å². The van der Waals surface area contributed by atoms with Gasteiger partial charge in [0.15, 0.2) is 0 Å². The summed E-state index contributed by atoms with van der Waals surface area (Å²) in [5.41, 5.74) is -1.46. The van der Waals surface area contributed by atoms with E-state index >= 15 is 0 Å². The number of hydrogen-bond donors (Lipinski definition) is 1. The topological polar surface area (TPSA) is 104 Å². The lowest BCUT2D eigenvalue weighted by atomic mass is 9.95. The molecule has 1 aliphatic rings. The van der Waals surface area contributed by atoms with Gasteiger partial charge in [0.05, 0.1) is 17.8 Å². The van der Waals surface area contributed by atoms with E-state index in [0.717, 1.165) is 48.9 Å². The Labute approximate surface area is 190 Å². The van der Waals surface area contributed by atoms with Gasteiger partial charge in [-0.15, -0.1) is 0 Å². The minimum atomic E-state index is -5.39. The first-order valence-corrected chi connectivity index (χ1v) is 10.6. The molecule has 1 heterocycles. The molecule has 0 saturated heterocycles. The van der Waals surface area contributed by atoms with E-state index in [1.165, 1.54) is 13.0 Å². The van der Waals surface area contributed by atoms with Crippen molar-refractivity contribution in [2.24, 2.45) is 0 Å². The highest BCUT2D eigenvalue weighted by atomic mass is 19.4. The molecule has 0 aliphatic heterocycles. The molecule has 12 heteroatoms. The van der Waals surface area contributed by atoms with Crippen LogP contribution >= 0.6 is 0 Å². The molecule has 0 amide bonds. The van der Waals surface area contributed by atoms with Crippen molar-refractivity contribution in [2.75, 3.05) is 11.9 Å². The molecule has 1 aromatic carbocycles. The van der Waals surface area contributed by atoms with Crippen LogP contribution in [0.1, 0.15) is 49.4 Å². The Balaban J connectivity index is 2.06. The van der Waals surface area contributed by atoms with Crippen LogP contribution < -0.4 is 10.7 Å². The molecule has 1 aromatic heterocycles. The second-order valence-electron chi connectivity index (χ2n) is 7.81. The monoisotopic (exact) mass is 486 g/mol. The predicted octanol–water partition coefficient (Wildman–Crippen LogP) is 3.69. The number of pyridine rings is 1. The van der Waals surface area contributed by atoms with Gasteiger partial charge in [0, 0.05) is 17.6 Å². The highest BCUT2D eigenvalue weighted by Gasteiger charge is 2.42. The third-order valence-corrected chi connectivity index (χ3v) is 5.37. The van der Waals surface area contributed by atoms with E-state index in [-0.39, 0.29) is 29.2 Å². The zero-order chi connectivity index (χ0) is 25.0. The lowest BCUT2D eigenvalue weighted by Gasteiger charge is -2.24. The van der Waals surface area contributed by atoms with E-state index in [2.05, 4.69) is 10.1 Å². The van der Waals surface area contributed by atoms with E-state index in [1.807, 2.05) is 0 Å². The molecular weight excluding hydrogens is 464 g/mol. The summed E-state index contributed by atoms with van der Waals surface area (Å²) in [4.78, 5) is 48.1. The van der Waals surface area contributed by atoms with Crippen molar-refractivity contribution in [2.45, 2.75) is 57.8 Å². The number of nitrogens with zero attached hydrogens (tertiary/aromatic N) is 1. The zero-order valence-corrected chi connectivity index (χ0v) is 18.2. The molecule has 8 nitrogen and oxygen atoms in total. The van der Waals surface area contributed by atoms with Crippen molar-refractivity contribution in [3.05, 3.63) is 39.9 Å². The molecule has 1 aliphatic carbocycles. The van der Waals surface area contributed by atoms with Gasteiger partial charge in [0.25, 0.3) is 0 Å². The van der Waals surface area contributed by atoms with Crippen LogP contribution in [0, 0.1) is 5.82 Å². The number of ether oxygens (including phenoxy) is 2. The van der Waals surface area contributed by atoms with Gasteiger partial charge in [-0.1, -0.05) is 19.3 Å². The third-order valence-electron chi connectivity index (χ3n) is 5.37. The van der Waals surface area contributed by atoms with Gasteiger partial charge in [0.1, 0.15) is 17.9 Å². The van der Waals surface area contributed by atoms with E-state index in [0.29, 0.717) is 0 Å². The number of benzene rings is 1. The van der Waals surface area contributed by atoms with Gasteiger partial charge in [-0.3, -0.25) is 4.79 Å². The number of nitrogens with one attached hydrogen (secondary N) is 1. The molecule has 0 bridgehead atoms. The number of esters is 3. The Morgan fingerprint density at radius 3 is 2.44 bits per heavy atom. The normalized spacial score (nSPS) is 14.6. The van der Waals surface area contributed by atoms with Crippen molar-refractivity contribution >= 4 is 34.5 Å². The number of carbonyl (C=O) groups excluding carboxylic acids is 3. The average molecular weight is 486 g/mol. The van der Waals surface area contributed by atoms with Crippen LogP contribution in [0.15, 0.2) is 23.1 Å². The van der Waals surface area contributed by atoms with Crippen molar-refractivity contribution in [3.8, 4) is 0 Å². The highest BCUT2D eigenvalue weighted by Crippen LogP contribution is 2.27. The summed E-state index contributed by atoms with van der Waals surface area (Å²) in [7, 11) is 0. The molecule has 1 saturated carbocycles. The average Bonchev–Trinajstić information content (AvgIpc) is 2.76. The Morgan fingerprint density at radius 2 is 1.82 bits per heavy atom. The molecule has 0 unspecified atom stereocenters. The van der Waals surface area contributed by atoms with Crippen molar-refractivity contribution in [3.63, 3.8) is 0 Å². The number of alkyl halides is 3. The Bertz CT molecular complexity index is 1170. The number of hydrogen-bond acceptors (Lipinski definition) is 7. The van der Waals surface area contributed by atoms with Crippen LogP contribution in [-0.4, -0.2) is 41.3 Å². The molecule has 1 fully saturated rings. The fourth-order valence-corrected chi connectivity index (χ4v) is 3.81. The van der Waals surface area contributed by atoms with Crippen LogP contribution in [0.2, 0.25) is 0 Å². The Hall–Kier alpha value is -3.44. The summed E-state index contributed by atoms with van der Waals surface area (Å²) in [5, 5.41) is 2.75. The van der Waals surface area contributed by atoms with E-state index in [4.69, 9.17) is 4.74 Å². The standard InChI is InChI=1S/C22H22F4N2O6/c1-2-33-20(31)14-10-28(11-18(29)34-21(32)22(24,25)26)17-9-16(15(23)8-13(17)19(14)30)27-12-6-4-3-5-7-12/h8-10,12,27H,2-7,11H2,1H3. The molecule has 1 N–H and O–H groups in total. The van der Waals surface area contributed by atoms with E-state index < -0.39 is 47.4 Å². The van der Waals surface area contributed by atoms with Crippen LogP contribution in [0.5, 0.6) is 0 Å². The highest BCUT2D eigenvalue weighted by molar-refractivity contribution is 5.95. The summed E-state index contributed by atoms with van der Waals surface area (Å²) in [5.74, 6) is -6.14. The second-order valence-corrected chi connectivity index (χ2v) is 7.81. The maximum atomic E-state index is 14.8. The first-order valence-electron chi connectivity index (χ1n) is 10.6. The Morgan fingerprint density at radius 1 is 1.15 bits per heavy atom. The summed E-state index contributed by atoms with van der Waals surface area (Å²) in [6, 6.07) is 2.09. The Kier molecular flexibility index (Phi) is 7.57. The van der Waals surface area contributed by atoms with Crippen LogP contribution in [-0.2, 0) is 25.6 Å². The summed E-state index contributed by atoms with van der Waals surface area (Å²) in [6.45, 7) is 0.441. The quantitative estimate of drug-likeness (QED) is 0.377. The lowest BCUT2D eigenvalue weighted by molar-refractivity contribution is -0.202. The van der Waals surface area contributed by atoms with Gasteiger partial charge in [-0.2, -0.15) is 13.2 Å². The number of anilines is 1. The van der Waals surface area contributed by atoms with E-state index in [9.17, 15) is 36.7 Å². The van der Waals surface area contributed by atoms with E-state index in [1.54, 1.807) is 0 Å². The zero-order valence-electron chi connectivity index (χ0n) is 18.2. The summed E-state index contributed by atoms with van der Waals surface area (Å²) < 4.78 is 61.7. The number of fused-ring (bicyclic) bond motifs is 1. The summed E-state index contributed by atoms with van der Waals surface area (Å²) >= 11 is 0. The molecule has 3 rings (SSSR count). The van der Waals surface area contributed by atoms with Gasteiger partial charge in [0.2, 0.25) is 5.43 Å². The second kappa shape index (κ2) is 10.2. The minimum absolute atomic E-state index is 0.0194. The number of carbonyl (C=O) groups is 3. The molecule has 184 valence electrons. The molecular formula is C22H22F4N2O6. The summed E-state index contributed by atoms with van der Waals surface area (Å²) in [6.07, 6.45) is 0.101.